The van der Waals surface area contributed by atoms with Gasteiger partial charge in [-0.25, -0.2) is 9.59 Å². The molecular formula is C12H19NO5. The van der Waals surface area contributed by atoms with Gasteiger partial charge in [0.2, 0.25) is 0 Å². The van der Waals surface area contributed by atoms with Gasteiger partial charge in [0.25, 0.3) is 0 Å². The smallest absolute Gasteiger partial charge is 0.410 e. The van der Waals surface area contributed by atoms with E-state index in [1.165, 1.54) is 13.1 Å². The summed E-state index contributed by atoms with van der Waals surface area (Å²) in [7, 11) is 1.43. The van der Waals surface area contributed by atoms with Gasteiger partial charge in [0.1, 0.15) is 12.6 Å². The first-order chi connectivity index (χ1) is 8.57. The monoisotopic (exact) mass is 257 g/mol. The lowest BCUT2D eigenvalue weighted by molar-refractivity contribution is -0.146. The first-order valence-electron chi connectivity index (χ1n) is 5.89. The van der Waals surface area contributed by atoms with Gasteiger partial charge in [-0.05, 0) is 12.8 Å². The quantitative estimate of drug-likeness (QED) is 0.747. The van der Waals surface area contributed by atoms with Crippen LogP contribution in [-0.4, -0.2) is 55.0 Å². The largest absolute Gasteiger partial charge is 0.480 e. The molecule has 0 aromatic carbocycles. The van der Waals surface area contributed by atoms with E-state index in [0.29, 0.717) is 13.2 Å². The van der Waals surface area contributed by atoms with Gasteiger partial charge in [0.15, 0.2) is 0 Å². The van der Waals surface area contributed by atoms with E-state index in [1.807, 2.05) is 0 Å². The van der Waals surface area contributed by atoms with E-state index in [0.717, 1.165) is 17.7 Å². The molecule has 1 heterocycles. The van der Waals surface area contributed by atoms with Crippen LogP contribution in [0.2, 0.25) is 0 Å². The van der Waals surface area contributed by atoms with Crippen molar-refractivity contribution in [1.82, 2.24) is 4.90 Å². The van der Waals surface area contributed by atoms with Gasteiger partial charge >= 0.3 is 12.1 Å². The van der Waals surface area contributed by atoms with E-state index in [2.05, 4.69) is 6.58 Å². The fourth-order valence-corrected chi connectivity index (χ4v) is 2.04. The zero-order valence-corrected chi connectivity index (χ0v) is 10.5. The fourth-order valence-electron chi connectivity index (χ4n) is 2.04. The molecule has 0 aromatic heterocycles. The lowest BCUT2D eigenvalue weighted by Gasteiger charge is -2.32. The van der Waals surface area contributed by atoms with Gasteiger partial charge in [-0.15, -0.1) is 0 Å². The SMILES string of the molecule is C=CCOC(=O)N(C)C(C(=O)O)C1CCCOC1. The lowest BCUT2D eigenvalue weighted by Crippen LogP contribution is -2.49. The van der Waals surface area contributed by atoms with Crippen LogP contribution in [0.25, 0.3) is 0 Å². The minimum Gasteiger partial charge on any atom is -0.480 e. The second-order valence-electron chi connectivity index (χ2n) is 4.24. The average Bonchev–Trinajstić information content (AvgIpc) is 2.36. The van der Waals surface area contributed by atoms with E-state index in [9.17, 15) is 14.7 Å². The molecule has 6 heteroatoms. The average molecular weight is 257 g/mol. The van der Waals surface area contributed by atoms with Crippen LogP contribution in [0.3, 0.4) is 0 Å². The summed E-state index contributed by atoms with van der Waals surface area (Å²) < 4.78 is 10.1. The summed E-state index contributed by atoms with van der Waals surface area (Å²) in [6.07, 6.45) is 2.32. The van der Waals surface area contributed by atoms with Crippen LogP contribution in [-0.2, 0) is 14.3 Å². The number of rotatable bonds is 5. The van der Waals surface area contributed by atoms with E-state index < -0.39 is 18.1 Å². The van der Waals surface area contributed by atoms with Crippen LogP contribution in [0.5, 0.6) is 0 Å². The summed E-state index contributed by atoms with van der Waals surface area (Å²) in [6, 6.07) is -0.914. The number of aliphatic carboxylic acids is 1. The van der Waals surface area contributed by atoms with E-state index in [4.69, 9.17) is 9.47 Å². The number of ether oxygens (including phenoxy) is 2. The summed E-state index contributed by atoms with van der Waals surface area (Å²) in [5, 5.41) is 9.25. The highest BCUT2D eigenvalue weighted by Gasteiger charge is 2.36. The minimum atomic E-state index is -1.04. The summed E-state index contributed by atoms with van der Waals surface area (Å²) in [5.74, 6) is -1.24. The van der Waals surface area contributed by atoms with Crippen LogP contribution >= 0.6 is 0 Å². The molecule has 102 valence electrons. The van der Waals surface area contributed by atoms with Crippen molar-refractivity contribution in [3.63, 3.8) is 0 Å². The van der Waals surface area contributed by atoms with Crippen LogP contribution in [0.15, 0.2) is 12.7 Å². The Morgan fingerprint density at radius 2 is 2.39 bits per heavy atom. The zero-order valence-electron chi connectivity index (χ0n) is 10.5. The normalized spacial score (nSPS) is 20.8. The molecule has 0 bridgehead atoms. The molecule has 0 radical (unpaired) electrons. The minimum absolute atomic E-state index is 0.0661. The van der Waals surface area contributed by atoms with Gasteiger partial charge < -0.3 is 14.6 Å². The molecule has 0 saturated carbocycles. The van der Waals surface area contributed by atoms with Gasteiger partial charge in [0.05, 0.1) is 6.61 Å². The van der Waals surface area contributed by atoms with Gasteiger partial charge in [-0.2, -0.15) is 0 Å². The van der Waals surface area contributed by atoms with Crippen molar-refractivity contribution in [3.8, 4) is 0 Å². The summed E-state index contributed by atoms with van der Waals surface area (Å²) in [5.41, 5.74) is 0. The molecule has 0 aromatic rings. The maximum Gasteiger partial charge on any atom is 0.410 e. The third-order valence-electron chi connectivity index (χ3n) is 2.92. The molecule has 1 rings (SSSR count). The maximum absolute atomic E-state index is 11.6. The Balaban J connectivity index is 2.67. The molecule has 1 saturated heterocycles. The molecule has 18 heavy (non-hydrogen) atoms. The van der Waals surface area contributed by atoms with Crippen LogP contribution < -0.4 is 0 Å². The second kappa shape index (κ2) is 7.00. The predicted octanol–water partition coefficient (Wildman–Crippen LogP) is 1.12. The van der Waals surface area contributed by atoms with Crippen molar-refractivity contribution in [2.24, 2.45) is 5.92 Å². The Morgan fingerprint density at radius 3 is 2.89 bits per heavy atom. The maximum atomic E-state index is 11.6. The highest BCUT2D eigenvalue weighted by atomic mass is 16.6. The fraction of sp³-hybridized carbons (Fsp3) is 0.667. The van der Waals surface area contributed by atoms with Gasteiger partial charge in [0, 0.05) is 19.6 Å². The predicted molar refractivity (Wildman–Crippen MR) is 64.3 cm³/mol. The number of hydrogen-bond donors (Lipinski definition) is 1. The molecule has 2 atom stereocenters. The number of carboxylic acid groups (broad SMARTS) is 1. The third-order valence-corrected chi connectivity index (χ3v) is 2.92. The highest BCUT2D eigenvalue weighted by Crippen LogP contribution is 2.21. The molecule has 2 unspecified atom stereocenters. The highest BCUT2D eigenvalue weighted by molar-refractivity contribution is 5.80. The first-order valence-corrected chi connectivity index (χ1v) is 5.89. The summed E-state index contributed by atoms with van der Waals surface area (Å²) >= 11 is 0. The van der Waals surface area contributed by atoms with Crippen molar-refractivity contribution >= 4 is 12.1 Å². The molecule has 1 aliphatic rings. The Labute approximate surface area is 106 Å². The molecule has 0 spiro atoms. The molecule has 1 amide bonds. The van der Waals surface area contributed by atoms with Crippen LogP contribution in [0.1, 0.15) is 12.8 Å². The third kappa shape index (κ3) is 3.73. The number of carboxylic acids is 1. The van der Waals surface area contributed by atoms with Crippen molar-refractivity contribution in [2.75, 3.05) is 26.9 Å². The number of hydrogen-bond acceptors (Lipinski definition) is 4. The summed E-state index contributed by atoms with van der Waals surface area (Å²) in [4.78, 5) is 24.1. The Bertz CT molecular complexity index is 312. The molecule has 1 aliphatic heterocycles. The van der Waals surface area contributed by atoms with E-state index in [1.54, 1.807) is 0 Å². The van der Waals surface area contributed by atoms with Crippen molar-refractivity contribution in [1.29, 1.82) is 0 Å². The standard InChI is InChI=1S/C12H19NO5/c1-3-6-18-12(16)13(2)10(11(14)15)9-5-4-7-17-8-9/h3,9-10H,1,4-8H2,2H3,(H,14,15). The molecule has 1 N–H and O–H groups in total. The number of amides is 1. The van der Waals surface area contributed by atoms with Crippen LogP contribution in [0, 0.1) is 5.92 Å². The van der Waals surface area contributed by atoms with Gasteiger partial charge in [-0.3, -0.25) is 4.90 Å². The molecular weight excluding hydrogens is 238 g/mol. The van der Waals surface area contributed by atoms with Gasteiger partial charge in [-0.1, -0.05) is 12.7 Å². The number of carbonyl (C=O) groups excluding carboxylic acids is 1. The first kappa shape index (κ1) is 14.5. The zero-order chi connectivity index (χ0) is 13.5. The Morgan fingerprint density at radius 1 is 1.67 bits per heavy atom. The van der Waals surface area contributed by atoms with Crippen LogP contribution in [0.4, 0.5) is 4.79 Å². The van der Waals surface area contributed by atoms with Crippen molar-refractivity contribution in [2.45, 2.75) is 18.9 Å². The Kier molecular flexibility index (Phi) is 5.64. The molecule has 6 nitrogen and oxygen atoms in total. The van der Waals surface area contributed by atoms with Crippen molar-refractivity contribution < 1.29 is 24.2 Å². The van der Waals surface area contributed by atoms with E-state index >= 15 is 0 Å². The summed E-state index contributed by atoms with van der Waals surface area (Å²) in [6.45, 7) is 4.50. The second-order valence-corrected chi connectivity index (χ2v) is 4.24. The number of nitrogens with zero attached hydrogens (tertiary/aromatic N) is 1. The molecule has 0 aliphatic carbocycles. The van der Waals surface area contributed by atoms with Crippen molar-refractivity contribution in [3.05, 3.63) is 12.7 Å². The Hall–Kier alpha value is -1.56. The lowest BCUT2D eigenvalue weighted by atomic mass is 9.93. The topological polar surface area (TPSA) is 76.1 Å². The number of likely N-dealkylation sites (N-methyl/N-ethyl adjacent to an activating group) is 1. The number of carbonyl (C=O) groups is 2. The molecule has 1 fully saturated rings. The van der Waals surface area contributed by atoms with E-state index in [-0.39, 0.29) is 12.5 Å².